The molecule has 4 nitrogen and oxygen atoms in total. The highest BCUT2D eigenvalue weighted by atomic mass is 32.1. The number of hydrogen-bond acceptors (Lipinski definition) is 4. The summed E-state index contributed by atoms with van der Waals surface area (Å²) in [6.45, 7) is 6.68. The maximum absolute atomic E-state index is 11.0. The third-order valence-corrected chi connectivity index (χ3v) is 5.41. The van der Waals surface area contributed by atoms with Gasteiger partial charge in [0.05, 0.1) is 5.92 Å². The zero-order valence-corrected chi connectivity index (χ0v) is 14.3. The summed E-state index contributed by atoms with van der Waals surface area (Å²) in [5.74, 6) is -0.359. The first-order valence-corrected chi connectivity index (χ1v) is 8.85. The normalized spacial score (nSPS) is 18.7. The van der Waals surface area contributed by atoms with Crippen molar-refractivity contribution in [1.29, 1.82) is 0 Å². The molecule has 1 fully saturated rings. The van der Waals surface area contributed by atoms with E-state index in [4.69, 9.17) is 5.11 Å². The number of rotatable bonds is 5. The minimum absolute atomic E-state index is 0.217. The van der Waals surface area contributed by atoms with Crippen LogP contribution in [-0.2, 0) is 11.3 Å². The molecule has 0 spiro atoms. The summed E-state index contributed by atoms with van der Waals surface area (Å²) in [4.78, 5) is 19.0. The van der Waals surface area contributed by atoms with Crippen molar-refractivity contribution in [3.63, 3.8) is 0 Å². The summed E-state index contributed by atoms with van der Waals surface area (Å²) in [6.07, 6.45) is 2.67. The Morgan fingerprint density at radius 3 is 2.74 bits per heavy atom. The molecule has 1 aliphatic rings. The molecule has 1 aromatic heterocycles. The molecular weight excluding hydrogens is 308 g/mol. The summed E-state index contributed by atoms with van der Waals surface area (Å²) >= 11 is 1.70. The number of aromatic nitrogens is 1. The Kier molecular flexibility index (Phi) is 4.78. The van der Waals surface area contributed by atoms with Crippen LogP contribution in [0.5, 0.6) is 0 Å². The van der Waals surface area contributed by atoms with Gasteiger partial charge < -0.3 is 5.11 Å². The van der Waals surface area contributed by atoms with Crippen LogP contribution in [0, 0.1) is 5.92 Å². The molecule has 2 heterocycles. The van der Waals surface area contributed by atoms with Crippen molar-refractivity contribution in [2.45, 2.75) is 32.7 Å². The van der Waals surface area contributed by atoms with E-state index in [2.05, 4.69) is 48.0 Å². The number of benzene rings is 1. The third-order valence-electron chi connectivity index (χ3n) is 4.38. The summed E-state index contributed by atoms with van der Waals surface area (Å²) in [5.41, 5.74) is 2.48. The lowest BCUT2D eigenvalue weighted by atomic mass is 10.0. The lowest BCUT2D eigenvalue weighted by Crippen LogP contribution is -2.22. The highest BCUT2D eigenvalue weighted by Crippen LogP contribution is 2.28. The number of carbonyl (C=O) groups is 1. The molecule has 122 valence electrons. The second-order valence-corrected chi connectivity index (χ2v) is 7.58. The fraction of sp³-hybridized carbons (Fsp3) is 0.444. The van der Waals surface area contributed by atoms with Crippen molar-refractivity contribution in [2.24, 2.45) is 5.92 Å². The summed E-state index contributed by atoms with van der Waals surface area (Å²) < 4.78 is 0. The monoisotopic (exact) mass is 330 g/mol. The smallest absolute Gasteiger partial charge is 0.307 e. The van der Waals surface area contributed by atoms with Gasteiger partial charge >= 0.3 is 5.97 Å². The second kappa shape index (κ2) is 6.81. The van der Waals surface area contributed by atoms with E-state index in [-0.39, 0.29) is 5.92 Å². The van der Waals surface area contributed by atoms with Gasteiger partial charge in [0, 0.05) is 29.7 Å². The SMILES string of the molecule is CC(C)c1ccc(-c2ncc(CN3CCC(C(=O)O)C3)s2)cc1. The highest BCUT2D eigenvalue weighted by molar-refractivity contribution is 7.15. The molecule has 3 rings (SSSR count). The standard InChI is InChI=1S/C18H22N2O2S/c1-12(2)13-3-5-14(6-4-13)17-19-9-16(23-17)11-20-8-7-15(10-20)18(21)22/h3-6,9,12,15H,7-8,10-11H2,1-2H3,(H,21,22). The van der Waals surface area contributed by atoms with E-state index in [1.807, 2.05) is 6.20 Å². The molecule has 1 aliphatic heterocycles. The number of likely N-dealkylation sites (tertiary alicyclic amines) is 1. The molecule has 0 aliphatic carbocycles. The largest absolute Gasteiger partial charge is 0.481 e. The van der Waals surface area contributed by atoms with Gasteiger partial charge in [0.15, 0.2) is 0 Å². The molecule has 0 amide bonds. The van der Waals surface area contributed by atoms with Gasteiger partial charge in [0.2, 0.25) is 0 Å². The van der Waals surface area contributed by atoms with Crippen LogP contribution in [-0.4, -0.2) is 34.0 Å². The van der Waals surface area contributed by atoms with Crippen molar-refractivity contribution in [1.82, 2.24) is 9.88 Å². The van der Waals surface area contributed by atoms with E-state index in [9.17, 15) is 4.79 Å². The fourth-order valence-electron chi connectivity index (χ4n) is 2.92. The van der Waals surface area contributed by atoms with Gasteiger partial charge in [-0.3, -0.25) is 9.69 Å². The van der Waals surface area contributed by atoms with Crippen molar-refractivity contribution < 1.29 is 9.90 Å². The van der Waals surface area contributed by atoms with Crippen LogP contribution in [0.1, 0.15) is 36.6 Å². The Labute approximate surface area is 140 Å². The molecule has 1 saturated heterocycles. The van der Waals surface area contributed by atoms with E-state index in [1.165, 1.54) is 10.4 Å². The van der Waals surface area contributed by atoms with E-state index in [0.29, 0.717) is 12.5 Å². The first-order chi connectivity index (χ1) is 11.0. The van der Waals surface area contributed by atoms with Crippen LogP contribution in [0.3, 0.4) is 0 Å². The Morgan fingerprint density at radius 1 is 1.39 bits per heavy atom. The number of carboxylic acid groups (broad SMARTS) is 1. The molecule has 1 N–H and O–H groups in total. The second-order valence-electron chi connectivity index (χ2n) is 6.47. The van der Waals surface area contributed by atoms with Crippen LogP contribution in [0.25, 0.3) is 10.6 Å². The van der Waals surface area contributed by atoms with Crippen molar-refractivity contribution in [3.8, 4) is 10.6 Å². The van der Waals surface area contributed by atoms with Crippen molar-refractivity contribution in [3.05, 3.63) is 40.9 Å². The van der Waals surface area contributed by atoms with E-state index in [1.54, 1.807) is 11.3 Å². The molecule has 23 heavy (non-hydrogen) atoms. The molecule has 1 aromatic carbocycles. The van der Waals surface area contributed by atoms with Gasteiger partial charge in [-0.15, -0.1) is 11.3 Å². The quantitative estimate of drug-likeness (QED) is 0.905. The first kappa shape index (κ1) is 16.1. The van der Waals surface area contributed by atoms with Gasteiger partial charge in [-0.2, -0.15) is 0 Å². The van der Waals surface area contributed by atoms with Gasteiger partial charge in [0.1, 0.15) is 5.01 Å². The topological polar surface area (TPSA) is 53.4 Å². The first-order valence-electron chi connectivity index (χ1n) is 8.03. The Balaban J connectivity index is 1.65. The molecule has 0 bridgehead atoms. The lowest BCUT2D eigenvalue weighted by molar-refractivity contribution is -0.141. The van der Waals surface area contributed by atoms with Gasteiger partial charge in [-0.05, 0) is 24.4 Å². The maximum atomic E-state index is 11.0. The molecule has 0 saturated carbocycles. The van der Waals surface area contributed by atoms with E-state index in [0.717, 1.165) is 30.1 Å². The number of aliphatic carboxylic acids is 1. The minimum Gasteiger partial charge on any atom is -0.481 e. The Hall–Kier alpha value is -1.72. The number of carboxylic acids is 1. The van der Waals surface area contributed by atoms with Gasteiger partial charge in [-0.1, -0.05) is 38.1 Å². The average molecular weight is 330 g/mol. The molecular formula is C18H22N2O2S. The third kappa shape index (κ3) is 3.79. The molecule has 1 unspecified atom stereocenters. The van der Waals surface area contributed by atoms with Crippen LogP contribution in [0.2, 0.25) is 0 Å². The molecule has 0 radical (unpaired) electrons. The molecule has 2 aromatic rings. The zero-order chi connectivity index (χ0) is 16.4. The number of nitrogens with zero attached hydrogens (tertiary/aromatic N) is 2. The maximum Gasteiger partial charge on any atom is 0.307 e. The fourth-order valence-corrected chi connectivity index (χ4v) is 3.88. The minimum atomic E-state index is -0.678. The van der Waals surface area contributed by atoms with Crippen LogP contribution >= 0.6 is 11.3 Å². The van der Waals surface area contributed by atoms with Gasteiger partial charge in [-0.25, -0.2) is 4.98 Å². The Bertz CT molecular complexity index is 679. The zero-order valence-electron chi connectivity index (χ0n) is 13.5. The summed E-state index contributed by atoms with van der Waals surface area (Å²) in [5, 5.41) is 10.1. The van der Waals surface area contributed by atoms with E-state index >= 15 is 0 Å². The van der Waals surface area contributed by atoms with Crippen LogP contribution < -0.4 is 0 Å². The predicted molar refractivity (Wildman–Crippen MR) is 92.7 cm³/mol. The van der Waals surface area contributed by atoms with Gasteiger partial charge in [0.25, 0.3) is 0 Å². The predicted octanol–water partition coefficient (Wildman–Crippen LogP) is 3.84. The number of thiazole rings is 1. The van der Waals surface area contributed by atoms with Crippen molar-refractivity contribution in [2.75, 3.05) is 13.1 Å². The number of hydrogen-bond donors (Lipinski definition) is 1. The van der Waals surface area contributed by atoms with Crippen molar-refractivity contribution >= 4 is 17.3 Å². The molecule has 5 heteroatoms. The van der Waals surface area contributed by atoms with Crippen LogP contribution in [0.4, 0.5) is 0 Å². The average Bonchev–Trinajstić information content (AvgIpc) is 3.17. The van der Waals surface area contributed by atoms with Crippen LogP contribution in [0.15, 0.2) is 30.5 Å². The van der Waals surface area contributed by atoms with E-state index < -0.39 is 5.97 Å². The molecule has 1 atom stereocenters. The lowest BCUT2D eigenvalue weighted by Gasteiger charge is -2.12. The highest BCUT2D eigenvalue weighted by Gasteiger charge is 2.28. The summed E-state index contributed by atoms with van der Waals surface area (Å²) in [6, 6.07) is 8.60. The summed E-state index contributed by atoms with van der Waals surface area (Å²) in [7, 11) is 0. The Morgan fingerprint density at radius 2 is 2.13 bits per heavy atom.